The number of hydrogen-bond acceptors (Lipinski definition) is 1. The van der Waals surface area contributed by atoms with Crippen LogP contribution in [0.3, 0.4) is 0 Å². The van der Waals surface area contributed by atoms with E-state index < -0.39 is 0 Å². The molecule has 0 unspecified atom stereocenters. The number of fused-ring (bicyclic) bond motifs is 1. The van der Waals surface area contributed by atoms with Gasteiger partial charge in [0.2, 0.25) is 0 Å². The molecule has 0 radical (unpaired) electrons. The summed E-state index contributed by atoms with van der Waals surface area (Å²) in [6.45, 7) is 6.40. The van der Waals surface area contributed by atoms with Crippen LogP contribution in [0, 0.1) is 11.7 Å². The Balaban J connectivity index is 1.47. The molecule has 0 heterocycles. The molecule has 0 saturated heterocycles. The van der Waals surface area contributed by atoms with Crippen molar-refractivity contribution in [2.24, 2.45) is 5.92 Å². The number of unbranched alkanes of at least 4 members (excludes halogenated alkanes) is 2. The quantitative estimate of drug-likeness (QED) is 0.243. The highest BCUT2D eigenvalue weighted by atomic mass is 19.1. The Hall–Kier alpha value is -2.61. The highest BCUT2D eigenvalue weighted by Gasteiger charge is 2.22. The minimum Gasteiger partial charge on any atom is -0.490 e. The Kier molecular flexibility index (Phi) is 7.63. The van der Waals surface area contributed by atoms with Gasteiger partial charge in [-0.05, 0) is 66.2 Å². The number of hydrogen-bond donors (Lipinski definition) is 0. The van der Waals surface area contributed by atoms with Crippen molar-refractivity contribution in [3.8, 4) is 16.9 Å². The maximum Gasteiger partial charge on any atom is 0.138 e. The van der Waals surface area contributed by atoms with Gasteiger partial charge in [0.1, 0.15) is 18.2 Å². The lowest BCUT2D eigenvalue weighted by molar-refractivity contribution is 0.303. The fourth-order valence-corrected chi connectivity index (χ4v) is 5.14. The Morgan fingerprint density at radius 2 is 1.75 bits per heavy atom. The van der Waals surface area contributed by atoms with Crippen molar-refractivity contribution in [3.05, 3.63) is 78.6 Å². The lowest BCUT2D eigenvalue weighted by Crippen LogP contribution is -2.13. The van der Waals surface area contributed by atoms with Crippen LogP contribution in [0.5, 0.6) is 5.75 Å². The molecular formula is C30H35FO. The molecule has 0 spiro atoms. The molecule has 4 rings (SSSR count). The van der Waals surface area contributed by atoms with E-state index in [0.29, 0.717) is 23.5 Å². The molecule has 1 saturated carbocycles. The zero-order valence-electron chi connectivity index (χ0n) is 19.3. The number of rotatable bonds is 9. The van der Waals surface area contributed by atoms with E-state index in [4.69, 9.17) is 4.74 Å². The number of benzene rings is 3. The molecule has 32 heavy (non-hydrogen) atoms. The van der Waals surface area contributed by atoms with Crippen LogP contribution in [0.25, 0.3) is 21.9 Å². The summed E-state index contributed by atoms with van der Waals surface area (Å²) < 4.78 is 20.9. The molecule has 1 aliphatic carbocycles. The van der Waals surface area contributed by atoms with Crippen molar-refractivity contribution in [1.29, 1.82) is 0 Å². The van der Waals surface area contributed by atoms with Crippen LogP contribution in [-0.4, -0.2) is 6.61 Å². The van der Waals surface area contributed by atoms with Gasteiger partial charge in [-0.15, -0.1) is 0 Å². The molecule has 3 aromatic rings. The van der Waals surface area contributed by atoms with Gasteiger partial charge in [-0.1, -0.05) is 87.7 Å². The Morgan fingerprint density at radius 1 is 0.969 bits per heavy atom. The summed E-state index contributed by atoms with van der Waals surface area (Å²) >= 11 is 0. The Morgan fingerprint density at radius 3 is 2.47 bits per heavy atom. The van der Waals surface area contributed by atoms with E-state index in [1.807, 2.05) is 36.4 Å². The van der Waals surface area contributed by atoms with Crippen LogP contribution in [0.1, 0.15) is 69.8 Å². The lowest BCUT2D eigenvalue weighted by atomic mass is 9.76. The SMILES string of the molecule is C=CCOc1ccc(-c2ccc3cc(C4CCC(CCCCC)CC4)ccc3c2F)cc1. The van der Waals surface area contributed by atoms with E-state index in [1.54, 1.807) is 6.08 Å². The van der Waals surface area contributed by atoms with Gasteiger partial charge in [0.15, 0.2) is 0 Å². The highest BCUT2D eigenvalue weighted by Crippen LogP contribution is 2.39. The molecular weight excluding hydrogens is 395 g/mol. The smallest absolute Gasteiger partial charge is 0.138 e. The first-order valence-electron chi connectivity index (χ1n) is 12.3. The average Bonchev–Trinajstić information content (AvgIpc) is 2.84. The first-order valence-corrected chi connectivity index (χ1v) is 12.3. The van der Waals surface area contributed by atoms with Crippen molar-refractivity contribution in [3.63, 3.8) is 0 Å². The summed E-state index contributed by atoms with van der Waals surface area (Å²) in [6.07, 6.45) is 12.4. The minimum atomic E-state index is -0.145. The van der Waals surface area contributed by atoms with Gasteiger partial charge in [0.05, 0.1) is 0 Å². The molecule has 0 aliphatic heterocycles. The Labute approximate surface area is 192 Å². The highest BCUT2D eigenvalue weighted by molar-refractivity contribution is 5.89. The van der Waals surface area contributed by atoms with Crippen molar-refractivity contribution < 1.29 is 9.13 Å². The normalized spacial score (nSPS) is 18.6. The van der Waals surface area contributed by atoms with Crippen molar-refractivity contribution in [2.75, 3.05) is 6.61 Å². The second-order valence-corrected chi connectivity index (χ2v) is 9.25. The molecule has 168 valence electrons. The van der Waals surface area contributed by atoms with Gasteiger partial charge in [-0.25, -0.2) is 4.39 Å². The summed E-state index contributed by atoms with van der Waals surface area (Å²) in [4.78, 5) is 0. The molecule has 0 amide bonds. The summed E-state index contributed by atoms with van der Waals surface area (Å²) in [5, 5.41) is 1.70. The van der Waals surface area contributed by atoms with E-state index in [9.17, 15) is 0 Å². The van der Waals surface area contributed by atoms with E-state index in [2.05, 4.69) is 31.7 Å². The van der Waals surface area contributed by atoms with E-state index >= 15 is 4.39 Å². The molecule has 0 aromatic heterocycles. The number of ether oxygens (including phenoxy) is 1. The van der Waals surface area contributed by atoms with Gasteiger partial charge >= 0.3 is 0 Å². The molecule has 0 bridgehead atoms. The van der Waals surface area contributed by atoms with Gasteiger partial charge in [0, 0.05) is 10.9 Å². The lowest BCUT2D eigenvalue weighted by Gasteiger charge is -2.29. The summed E-state index contributed by atoms with van der Waals surface area (Å²) in [5.74, 6) is 2.15. The Bertz CT molecular complexity index is 1030. The fourth-order valence-electron chi connectivity index (χ4n) is 5.14. The van der Waals surface area contributed by atoms with E-state index in [0.717, 1.165) is 22.6 Å². The first-order chi connectivity index (χ1) is 15.7. The molecule has 1 nitrogen and oxygen atoms in total. The fraction of sp³-hybridized carbons (Fsp3) is 0.400. The monoisotopic (exact) mass is 430 g/mol. The molecule has 2 heteroatoms. The van der Waals surface area contributed by atoms with Gasteiger partial charge in [-0.2, -0.15) is 0 Å². The maximum atomic E-state index is 15.4. The van der Waals surface area contributed by atoms with Crippen LogP contribution in [0.15, 0.2) is 67.3 Å². The van der Waals surface area contributed by atoms with E-state index in [1.165, 1.54) is 56.9 Å². The summed E-state index contributed by atoms with van der Waals surface area (Å²) in [5.41, 5.74) is 2.87. The van der Waals surface area contributed by atoms with Crippen molar-refractivity contribution >= 4 is 10.8 Å². The van der Waals surface area contributed by atoms with Crippen LogP contribution in [0.4, 0.5) is 4.39 Å². The molecule has 0 N–H and O–H groups in total. The van der Waals surface area contributed by atoms with E-state index in [-0.39, 0.29) is 5.82 Å². The minimum absolute atomic E-state index is 0.145. The van der Waals surface area contributed by atoms with Crippen LogP contribution in [-0.2, 0) is 0 Å². The molecule has 3 aromatic carbocycles. The molecule has 1 fully saturated rings. The van der Waals surface area contributed by atoms with Crippen molar-refractivity contribution in [2.45, 2.75) is 64.2 Å². The zero-order valence-corrected chi connectivity index (χ0v) is 19.3. The van der Waals surface area contributed by atoms with Gasteiger partial charge in [0.25, 0.3) is 0 Å². The number of halogens is 1. The third-order valence-corrected chi connectivity index (χ3v) is 7.05. The third kappa shape index (κ3) is 5.23. The van der Waals surface area contributed by atoms with Crippen LogP contribution in [0.2, 0.25) is 0 Å². The topological polar surface area (TPSA) is 9.23 Å². The zero-order chi connectivity index (χ0) is 22.3. The largest absolute Gasteiger partial charge is 0.490 e. The third-order valence-electron chi connectivity index (χ3n) is 7.05. The second-order valence-electron chi connectivity index (χ2n) is 9.25. The van der Waals surface area contributed by atoms with Gasteiger partial charge < -0.3 is 4.74 Å². The molecule has 0 atom stereocenters. The van der Waals surface area contributed by atoms with Crippen LogP contribution < -0.4 is 4.74 Å². The molecule has 1 aliphatic rings. The first kappa shape index (κ1) is 22.6. The standard InChI is InChI=1S/C30H35FO/c1-3-5-6-7-22-8-10-23(11-9-22)25-14-18-29-26(21-25)15-19-28(30(29)31)24-12-16-27(17-13-24)32-20-4-2/h4,12-19,21-23H,2-3,5-11,20H2,1H3. The van der Waals surface area contributed by atoms with Gasteiger partial charge in [-0.3, -0.25) is 0 Å². The summed E-state index contributed by atoms with van der Waals surface area (Å²) in [7, 11) is 0. The summed E-state index contributed by atoms with van der Waals surface area (Å²) in [6, 6.07) is 17.9. The maximum absolute atomic E-state index is 15.4. The van der Waals surface area contributed by atoms with Crippen LogP contribution >= 0.6 is 0 Å². The predicted octanol–water partition coefficient (Wildman–Crippen LogP) is 9.06. The average molecular weight is 431 g/mol. The predicted molar refractivity (Wildman–Crippen MR) is 134 cm³/mol. The van der Waals surface area contributed by atoms with Crippen molar-refractivity contribution in [1.82, 2.24) is 0 Å². The second kappa shape index (κ2) is 10.8.